The van der Waals surface area contributed by atoms with E-state index < -0.39 is 35.8 Å². The summed E-state index contributed by atoms with van der Waals surface area (Å²) in [6, 6.07) is 8.09. The van der Waals surface area contributed by atoms with Gasteiger partial charge in [-0.2, -0.15) is 0 Å². The summed E-state index contributed by atoms with van der Waals surface area (Å²) in [5.74, 6) is -0.201. The predicted octanol–water partition coefficient (Wildman–Crippen LogP) is 0.699. The van der Waals surface area contributed by atoms with Gasteiger partial charge < -0.3 is 44.2 Å². The zero-order chi connectivity index (χ0) is 22.3. The van der Waals surface area contributed by atoms with E-state index in [1.807, 2.05) is 0 Å². The quantitative estimate of drug-likeness (QED) is 0.388. The van der Waals surface area contributed by atoms with E-state index in [0.717, 1.165) is 6.07 Å². The SMILES string of the molecule is COc1ccc(-c2cc(=O)c3c(O)cc(O[C@@H]4OC[C@](O)(CO)[C@H]4O)cc3o2)cc1O. The fourth-order valence-electron chi connectivity index (χ4n) is 3.33. The smallest absolute Gasteiger partial charge is 0.229 e. The summed E-state index contributed by atoms with van der Waals surface area (Å²) in [4.78, 5) is 12.6. The summed E-state index contributed by atoms with van der Waals surface area (Å²) in [6.45, 7) is -1.08. The Bertz CT molecular complexity index is 1190. The second-order valence-corrected chi connectivity index (χ2v) is 7.18. The molecule has 0 aliphatic carbocycles. The van der Waals surface area contributed by atoms with E-state index in [9.17, 15) is 30.3 Å². The molecule has 10 heteroatoms. The summed E-state index contributed by atoms with van der Waals surface area (Å²) < 4.78 is 21.4. The maximum absolute atomic E-state index is 12.6. The minimum Gasteiger partial charge on any atom is -0.507 e. The van der Waals surface area contributed by atoms with Crippen LogP contribution in [0, 0.1) is 0 Å². The largest absolute Gasteiger partial charge is 0.507 e. The molecule has 1 aromatic heterocycles. The molecule has 5 N–H and O–H groups in total. The highest BCUT2D eigenvalue weighted by Crippen LogP contribution is 2.35. The number of ether oxygens (including phenoxy) is 3. The summed E-state index contributed by atoms with van der Waals surface area (Å²) >= 11 is 0. The number of aliphatic hydroxyl groups excluding tert-OH is 2. The normalized spacial score (nSPS) is 23.2. The van der Waals surface area contributed by atoms with Crippen molar-refractivity contribution in [3.05, 3.63) is 46.6 Å². The number of fused-ring (bicyclic) bond motifs is 1. The van der Waals surface area contributed by atoms with Crippen LogP contribution in [0.3, 0.4) is 0 Å². The lowest BCUT2D eigenvalue weighted by Crippen LogP contribution is -2.48. The number of hydrogen-bond donors (Lipinski definition) is 5. The monoisotopic (exact) mass is 432 g/mol. The van der Waals surface area contributed by atoms with Crippen molar-refractivity contribution in [1.82, 2.24) is 0 Å². The molecule has 3 aromatic rings. The Labute approximate surface area is 175 Å². The highest BCUT2D eigenvalue weighted by molar-refractivity contribution is 5.86. The number of phenols is 2. The number of phenolic OH excluding ortho intramolecular Hbond substituents is 2. The zero-order valence-corrected chi connectivity index (χ0v) is 16.3. The first-order valence-electron chi connectivity index (χ1n) is 9.23. The number of aliphatic hydroxyl groups is 3. The van der Waals surface area contributed by atoms with Crippen molar-refractivity contribution in [3.8, 4) is 34.3 Å². The van der Waals surface area contributed by atoms with Gasteiger partial charge in [-0.3, -0.25) is 4.79 Å². The topological polar surface area (TPSA) is 159 Å². The van der Waals surface area contributed by atoms with E-state index in [4.69, 9.17) is 18.6 Å². The number of benzene rings is 2. The van der Waals surface area contributed by atoms with Gasteiger partial charge in [-0.05, 0) is 18.2 Å². The van der Waals surface area contributed by atoms with Crippen LogP contribution in [0.2, 0.25) is 0 Å². The average molecular weight is 432 g/mol. The predicted molar refractivity (Wildman–Crippen MR) is 106 cm³/mol. The Morgan fingerprint density at radius 1 is 1.16 bits per heavy atom. The highest BCUT2D eigenvalue weighted by atomic mass is 16.7. The van der Waals surface area contributed by atoms with Crippen LogP contribution in [0.1, 0.15) is 0 Å². The zero-order valence-electron chi connectivity index (χ0n) is 16.3. The summed E-state index contributed by atoms with van der Waals surface area (Å²) in [7, 11) is 1.40. The lowest BCUT2D eigenvalue weighted by atomic mass is 10.0. The maximum atomic E-state index is 12.6. The molecule has 4 rings (SSSR count). The molecule has 0 amide bonds. The lowest BCUT2D eigenvalue weighted by molar-refractivity contribution is -0.115. The third-order valence-corrected chi connectivity index (χ3v) is 5.08. The number of hydrogen-bond acceptors (Lipinski definition) is 10. The van der Waals surface area contributed by atoms with Crippen LogP contribution in [0.15, 0.2) is 45.6 Å². The number of aromatic hydroxyl groups is 2. The van der Waals surface area contributed by atoms with E-state index in [1.165, 1.54) is 31.4 Å². The van der Waals surface area contributed by atoms with E-state index >= 15 is 0 Å². The van der Waals surface area contributed by atoms with Gasteiger partial charge in [0, 0.05) is 23.8 Å². The second-order valence-electron chi connectivity index (χ2n) is 7.18. The fraction of sp³-hybridized carbons (Fsp3) is 0.286. The first-order chi connectivity index (χ1) is 14.8. The van der Waals surface area contributed by atoms with Gasteiger partial charge in [-0.15, -0.1) is 0 Å². The second kappa shape index (κ2) is 7.75. The van der Waals surface area contributed by atoms with Crippen molar-refractivity contribution in [2.75, 3.05) is 20.3 Å². The third kappa shape index (κ3) is 3.66. The molecule has 2 aromatic carbocycles. The molecule has 0 unspecified atom stereocenters. The molecule has 0 bridgehead atoms. The molecule has 1 aliphatic rings. The van der Waals surface area contributed by atoms with E-state index in [1.54, 1.807) is 6.07 Å². The fourth-order valence-corrected chi connectivity index (χ4v) is 3.33. The van der Waals surface area contributed by atoms with Crippen molar-refractivity contribution in [2.24, 2.45) is 0 Å². The van der Waals surface area contributed by atoms with Crippen LogP contribution < -0.4 is 14.9 Å². The minimum atomic E-state index is -1.88. The molecular formula is C21H20O10. The average Bonchev–Trinajstić information content (AvgIpc) is 3.02. The molecule has 3 atom stereocenters. The van der Waals surface area contributed by atoms with Gasteiger partial charge in [0.05, 0.1) is 20.3 Å². The van der Waals surface area contributed by atoms with Crippen LogP contribution in [-0.4, -0.2) is 63.9 Å². The molecule has 2 heterocycles. The maximum Gasteiger partial charge on any atom is 0.229 e. The van der Waals surface area contributed by atoms with Crippen molar-refractivity contribution in [1.29, 1.82) is 0 Å². The molecule has 164 valence electrons. The molecular weight excluding hydrogens is 412 g/mol. The first-order valence-corrected chi connectivity index (χ1v) is 9.23. The van der Waals surface area contributed by atoms with Gasteiger partial charge in [-0.1, -0.05) is 0 Å². The summed E-state index contributed by atoms with van der Waals surface area (Å²) in [5.41, 5.74) is -2.02. The number of methoxy groups -OCH3 is 1. The molecule has 0 spiro atoms. The Hall–Kier alpha value is -3.31. The van der Waals surface area contributed by atoms with Gasteiger partial charge in [0.2, 0.25) is 6.29 Å². The number of rotatable bonds is 5. The van der Waals surface area contributed by atoms with Crippen LogP contribution in [0.4, 0.5) is 0 Å². The molecule has 0 radical (unpaired) electrons. The van der Waals surface area contributed by atoms with Crippen molar-refractivity contribution in [2.45, 2.75) is 18.0 Å². The summed E-state index contributed by atoms with van der Waals surface area (Å²) in [6.07, 6.45) is -2.86. The Morgan fingerprint density at radius 3 is 2.58 bits per heavy atom. The molecule has 1 saturated heterocycles. The molecule has 1 fully saturated rings. The Morgan fingerprint density at radius 2 is 1.94 bits per heavy atom. The Balaban J connectivity index is 1.72. The molecule has 0 saturated carbocycles. The Kier molecular flexibility index (Phi) is 5.23. The van der Waals surface area contributed by atoms with Gasteiger partial charge in [0.1, 0.15) is 39.9 Å². The van der Waals surface area contributed by atoms with Gasteiger partial charge in [-0.25, -0.2) is 0 Å². The van der Waals surface area contributed by atoms with Crippen LogP contribution >= 0.6 is 0 Å². The lowest BCUT2D eigenvalue weighted by Gasteiger charge is -2.23. The summed E-state index contributed by atoms with van der Waals surface area (Å²) in [5, 5.41) is 49.6. The molecule has 1 aliphatic heterocycles. The third-order valence-electron chi connectivity index (χ3n) is 5.08. The molecule has 31 heavy (non-hydrogen) atoms. The van der Waals surface area contributed by atoms with Crippen molar-refractivity contribution >= 4 is 11.0 Å². The van der Waals surface area contributed by atoms with Crippen molar-refractivity contribution in [3.63, 3.8) is 0 Å². The van der Waals surface area contributed by atoms with Crippen LogP contribution in [-0.2, 0) is 4.74 Å². The minimum absolute atomic E-state index is 0.00545. The van der Waals surface area contributed by atoms with Crippen LogP contribution in [0.5, 0.6) is 23.0 Å². The highest BCUT2D eigenvalue weighted by Gasteiger charge is 2.49. The first kappa shape index (κ1) is 20.9. The van der Waals surface area contributed by atoms with E-state index in [-0.39, 0.29) is 40.6 Å². The van der Waals surface area contributed by atoms with Gasteiger partial charge in [0.15, 0.2) is 16.9 Å². The standard InChI is InChI=1S/C21H20O10/c1-28-15-3-2-10(4-12(15)23)16-7-14(25)18-13(24)5-11(6-17(18)31-16)30-20-19(26)21(27,8-22)9-29-20/h2-7,19-20,22-24,26-27H,8-9H2,1H3/t19-,20-,21+/m0/s1. The van der Waals surface area contributed by atoms with E-state index in [0.29, 0.717) is 5.56 Å². The van der Waals surface area contributed by atoms with Crippen LogP contribution in [0.25, 0.3) is 22.3 Å². The molecule has 10 nitrogen and oxygen atoms in total. The van der Waals surface area contributed by atoms with Crippen molar-refractivity contribution < 1.29 is 44.2 Å². The van der Waals surface area contributed by atoms with Gasteiger partial charge in [0.25, 0.3) is 0 Å². The van der Waals surface area contributed by atoms with Gasteiger partial charge >= 0.3 is 0 Å². The van der Waals surface area contributed by atoms with E-state index in [2.05, 4.69) is 0 Å².